The number of nitro benzene ring substituents is 1. The molecule has 1 N–H and O–H groups in total. The number of rotatable bonds is 3. The zero-order valence-corrected chi connectivity index (χ0v) is 12.5. The molecule has 0 atom stereocenters. The van der Waals surface area contributed by atoms with Crippen molar-refractivity contribution in [3.63, 3.8) is 0 Å². The van der Waals surface area contributed by atoms with E-state index in [1.54, 1.807) is 0 Å². The van der Waals surface area contributed by atoms with E-state index in [0.29, 0.717) is 5.56 Å². The summed E-state index contributed by atoms with van der Waals surface area (Å²) < 4.78 is 2.12. The van der Waals surface area contributed by atoms with Crippen molar-refractivity contribution < 1.29 is 4.92 Å². The quantitative estimate of drug-likeness (QED) is 0.429. The van der Waals surface area contributed by atoms with Gasteiger partial charge >= 0.3 is 5.69 Å². The number of aryl methyl sites for hydroxylation is 1. The Balaban J connectivity index is 2.28. The van der Waals surface area contributed by atoms with Crippen LogP contribution >= 0.6 is 0 Å². The first kappa shape index (κ1) is 15.3. The number of fused-ring (bicyclic) bond motifs is 1. The molecule has 0 saturated heterocycles. The molecule has 24 heavy (non-hydrogen) atoms. The molecule has 2 aromatic heterocycles. The summed E-state index contributed by atoms with van der Waals surface area (Å²) in [4.78, 5) is 51.9. The van der Waals surface area contributed by atoms with E-state index in [1.807, 2.05) is 0 Å². The molecule has 0 fully saturated rings. The summed E-state index contributed by atoms with van der Waals surface area (Å²) in [5.74, 6) is 0.183. The van der Waals surface area contributed by atoms with Crippen molar-refractivity contribution >= 4 is 22.5 Å². The molecular weight excluding hydrogens is 320 g/mol. The number of hydrogen-bond acceptors (Lipinski definition) is 7. The summed E-state index contributed by atoms with van der Waals surface area (Å²) in [7, 11) is 2.80. The molecule has 0 aliphatic rings. The van der Waals surface area contributed by atoms with Gasteiger partial charge in [-0.15, -0.1) is 4.91 Å². The molecule has 0 radical (unpaired) electrons. The lowest BCUT2D eigenvalue weighted by molar-refractivity contribution is -0.384. The van der Waals surface area contributed by atoms with Crippen molar-refractivity contribution in [3.8, 4) is 11.4 Å². The molecule has 1 aromatic carbocycles. The van der Waals surface area contributed by atoms with Crippen LogP contribution in [0.2, 0.25) is 0 Å². The maximum Gasteiger partial charge on any atom is 0.332 e. The lowest BCUT2D eigenvalue weighted by Gasteiger charge is -2.00. The van der Waals surface area contributed by atoms with Gasteiger partial charge in [0.25, 0.3) is 11.2 Å². The van der Waals surface area contributed by atoms with Crippen LogP contribution in [0.25, 0.3) is 22.6 Å². The number of aromatic nitrogens is 4. The Kier molecular flexibility index (Phi) is 3.32. The highest BCUT2D eigenvalue weighted by molar-refractivity contribution is 5.77. The minimum absolute atomic E-state index is 0.105. The van der Waals surface area contributed by atoms with Gasteiger partial charge in [-0.25, -0.2) is 9.78 Å². The molecule has 11 nitrogen and oxygen atoms in total. The number of benzene rings is 1. The third-order valence-electron chi connectivity index (χ3n) is 3.64. The number of imidazole rings is 1. The molecule has 0 amide bonds. The van der Waals surface area contributed by atoms with E-state index in [-0.39, 0.29) is 22.7 Å². The van der Waals surface area contributed by atoms with Crippen LogP contribution in [-0.4, -0.2) is 24.0 Å². The van der Waals surface area contributed by atoms with Crippen molar-refractivity contribution in [2.75, 3.05) is 0 Å². The normalized spacial score (nSPS) is 10.9. The van der Waals surface area contributed by atoms with E-state index < -0.39 is 21.9 Å². The van der Waals surface area contributed by atoms with Gasteiger partial charge in [0, 0.05) is 25.7 Å². The van der Waals surface area contributed by atoms with Crippen molar-refractivity contribution in [3.05, 3.63) is 54.1 Å². The zero-order valence-electron chi connectivity index (χ0n) is 12.5. The SMILES string of the molecule is Cn1c(=O)c2[nH]c(-c3ccc([N+](=O)[O-])c(N=O)c3)nc2n(C)c1=O. The van der Waals surface area contributed by atoms with Crippen LogP contribution in [0.3, 0.4) is 0 Å². The first-order valence-corrected chi connectivity index (χ1v) is 6.63. The van der Waals surface area contributed by atoms with Gasteiger partial charge in [-0.2, -0.15) is 0 Å². The average Bonchev–Trinajstić information content (AvgIpc) is 3.03. The standard InChI is InChI=1S/C13H10N6O5/c1-17-11-9(12(20)18(2)13(17)21)14-10(15-11)6-3-4-8(19(23)24)7(5-6)16-22/h3-5H,1-2H3,(H,14,15). The highest BCUT2D eigenvalue weighted by atomic mass is 16.6. The highest BCUT2D eigenvalue weighted by Gasteiger charge is 2.18. The van der Waals surface area contributed by atoms with Crippen LogP contribution in [-0.2, 0) is 14.1 Å². The summed E-state index contributed by atoms with van der Waals surface area (Å²) >= 11 is 0. The van der Waals surface area contributed by atoms with Gasteiger partial charge in [-0.3, -0.25) is 24.0 Å². The van der Waals surface area contributed by atoms with E-state index in [0.717, 1.165) is 10.6 Å². The Morgan fingerprint density at radius 2 is 1.96 bits per heavy atom. The summed E-state index contributed by atoms with van der Waals surface area (Å²) in [6.07, 6.45) is 0. The van der Waals surface area contributed by atoms with Gasteiger partial charge in [-0.1, -0.05) is 0 Å². The Hall–Kier alpha value is -3.63. The van der Waals surface area contributed by atoms with Gasteiger partial charge in [0.1, 0.15) is 11.3 Å². The molecule has 0 aliphatic carbocycles. The van der Waals surface area contributed by atoms with E-state index in [1.165, 1.54) is 30.8 Å². The van der Waals surface area contributed by atoms with Crippen LogP contribution in [0, 0.1) is 15.0 Å². The first-order chi connectivity index (χ1) is 11.3. The average molecular weight is 330 g/mol. The zero-order chi connectivity index (χ0) is 17.6. The fourth-order valence-electron chi connectivity index (χ4n) is 2.36. The van der Waals surface area contributed by atoms with Crippen molar-refractivity contribution in [2.24, 2.45) is 19.3 Å². The topological polar surface area (TPSA) is 145 Å². The van der Waals surface area contributed by atoms with Gasteiger partial charge < -0.3 is 4.98 Å². The molecule has 0 spiro atoms. The van der Waals surface area contributed by atoms with Crippen LogP contribution in [0.4, 0.5) is 11.4 Å². The minimum atomic E-state index is -0.724. The van der Waals surface area contributed by atoms with Crippen molar-refractivity contribution in [1.29, 1.82) is 0 Å². The van der Waals surface area contributed by atoms with Crippen molar-refractivity contribution in [1.82, 2.24) is 19.1 Å². The van der Waals surface area contributed by atoms with Gasteiger partial charge in [0.2, 0.25) is 0 Å². The Labute approximate surface area is 132 Å². The summed E-state index contributed by atoms with van der Waals surface area (Å²) in [6.45, 7) is 0. The van der Waals surface area contributed by atoms with E-state index >= 15 is 0 Å². The fraction of sp³-hybridized carbons (Fsp3) is 0.154. The molecule has 3 rings (SSSR count). The summed E-state index contributed by atoms with van der Waals surface area (Å²) in [5.41, 5.74) is -1.33. The van der Waals surface area contributed by atoms with Crippen molar-refractivity contribution in [2.45, 2.75) is 0 Å². The second-order valence-electron chi connectivity index (χ2n) is 5.04. The fourth-order valence-corrected chi connectivity index (χ4v) is 2.36. The smallest absolute Gasteiger partial charge is 0.332 e. The van der Waals surface area contributed by atoms with Crippen LogP contribution < -0.4 is 11.2 Å². The molecule has 0 aliphatic heterocycles. The molecule has 11 heteroatoms. The first-order valence-electron chi connectivity index (χ1n) is 6.63. The predicted molar refractivity (Wildman–Crippen MR) is 84.1 cm³/mol. The maximum atomic E-state index is 12.1. The van der Waals surface area contributed by atoms with E-state index in [4.69, 9.17) is 0 Å². The van der Waals surface area contributed by atoms with Gasteiger partial charge in [0.15, 0.2) is 11.3 Å². The summed E-state index contributed by atoms with van der Waals surface area (Å²) in [6, 6.07) is 3.68. The summed E-state index contributed by atoms with van der Waals surface area (Å²) in [5, 5.41) is 13.5. The third-order valence-corrected chi connectivity index (χ3v) is 3.64. The molecular formula is C13H10N6O5. The monoisotopic (exact) mass is 330 g/mol. The highest BCUT2D eigenvalue weighted by Crippen LogP contribution is 2.31. The minimum Gasteiger partial charge on any atom is -0.332 e. The Morgan fingerprint density at radius 3 is 2.58 bits per heavy atom. The molecule has 3 aromatic rings. The number of aromatic amines is 1. The number of hydrogen-bond donors (Lipinski definition) is 1. The van der Waals surface area contributed by atoms with Crippen LogP contribution in [0.5, 0.6) is 0 Å². The number of H-pyrrole nitrogens is 1. The number of nitroso groups, excluding NO2 is 1. The lowest BCUT2D eigenvalue weighted by atomic mass is 10.1. The van der Waals surface area contributed by atoms with E-state index in [9.17, 15) is 24.6 Å². The molecule has 0 unspecified atom stereocenters. The van der Waals surface area contributed by atoms with Gasteiger partial charge in [0.05, 0.1) is 4.92 Å². The number of nitro groups is 1. The maximum absolute atomic E-state index is 12.1. The van der Waals surface area contributed by atoms with Crippen LogP contribution in [0.15, 0.2) is 33.0 Å². The predicted octanol–water partition coefficient (Wildman–Crippen LogP) is 0.933. The molecule has 2 heterocycles. The second kappa shape index (κ2) is 5.22. The van der Waals surface area contributed by atoms with E-state index in [2.05, 4.69) is 15.1 Å². The molecule has 0 saturated carbocycles. The Bertz CT molecular complexity index is 1120. The second-order valence-corrected chi connectivity index (χ2v) is 5.04. The van der Waals surface area contributed by atoms with Gasteiger partial charge in [-0.05, 0) is 17.3 Å². The Morgan fingerprint density at radius 1 is 1.25 bits per heavy atom. The largest absolute Gasteiger partial charge is 0.332 e. The third kappa shape index (κ3) is 2.10. The number of nitrogens with one attached hydrogen (secondary N) is 1. The lowest BCUT2D eigenvalue weighted by Crippen LogP contribution is -2.36. The van der Waals surface area contributed by atoms with Crippen LogP contribution in [0.1, 0.15) is 0 Å². The molecule has 122 valence electrons. The molecule has 0 bridgehead atoms. The number of nitrogens with zero attached hydrogens (tertiary/aromatic N) is 5.